The number of rotatable bonds is 5. The Balaban J connectivity index is 2.04. The van der Waals surface area contributed by atoms with Gasteiger partial charge in [-0.2, -0.15) is 0 Å². The summed E-state index contributed by atoms with van der Waals surface area (Å²) >= 11 is 0. The van der Waals surface area contributed by atoms with Crippen LogP contribution in [-0.2, 0) is 0 Å². The topological polar surface area (TPSA) is 68.3 Å². The molecule has 1 fully saturated rings. The molecule has 20 heavy (non-hydrogen) atoms. The minimum Gasteiger partial charge on any atom is -0.493 e. The first kappa shape index (κ1) is 14.7. The van der Waals surface area contributed by atoms with Gasteiger partial charge in [-0.1, -0.05) is 13.3 Å². The zero-order valence-electron chi connectivity index (χ0n) is 12.3. The van der Waals surface area contributed by atoms with Crippen molar-refractivity contribution < 1.29 is 9.47 Å². The summed E-state index contributed by atoms with van der Waals surface area (Å²) in [7, 11) is 1.61. The molecule has 0 atom stereocenters. The quantitative estimate of drug-likeness (QED) is 0.640. The first-order valence-corrected chi connectivity index (χ1v) is 7.33. The SMILES string of the molecule is CCC1CCC(Oc2ccc(C(=N)N)cc2OC)CC1. The van der Waals surface area contributed by atoms with Crippen molar-refractivity contribution in [3.05, 3.63) is 23.8 Å². The number of hydrogen-bond acceptors (Lipinski definition) is 3. The monoisotopic (exact) mass is 276 g/mol. The van der Waals surface area contributed by atoms with Crippen LogP contribution in [0.25, 0.3) is 0 Å². The van der Waals surface area contributed by atoms with Crippen molar-refractivity contribution >= 4 is 5.84 Å². The Morgan fingerprint density at radius 3 is 2.50 bits per heavy atom. The lowest BCUT2D eigenvalue weighted by molar-refractivity contribution is 0.126. The van der Waals surface area contributed by atoms with Crippen molar-refractivity contribution in [3.63, 3.8) is 0 Å². The minimum absolute atomic E-state index is 0.0401. The Kier molecular flexibility index (Phi) is 4.88. The van der Waals surface area contributed by atoms with Crippen LogP contribution in [0.4, 0.5) is 0 Å². The fourth-order valence-electron chi connectivity index (χ4n) is 2.77. The highest BCUT2D eigenvalue weighted by Gasteiger charge is 2.22. The molecule has 0 aromatic heterocycles. The molecule has 1 saturated carbocycles. The zero-order chi connectivity index (χ0) is 14.5. The summed E-state index contributed by atoms with van der Waals surface area (Å²) < 4.78 is 11.4. The van der Waals surface area contributed by atoms with Gasteiger partial charge in [-0.25, -0.2) is 0 Å². The molecule has 2 rings (SSSR count). The van der Waals surface area contributed by atoms with Crippen LogP contribution in [0.1, 0.15) is 44.6 Å². The highest BCUT2D eigenvalue weighted by Crippen LogP contribution is 2.33. The summed E-state index contributed by atoms with van der Waals surface area (Å²) in [5.74, 6) is 2.29. The molecule has 1 aliphatic rings. The van der Waals surface area contributed by atoms with Crippen molar-refractivity contribution in [3.8, 4) is 11.5 Å². The zero-order valence-corrected chi connectivity index (χ0v) is 12.3. The first-order chi connectivity index (χ1) is 9.63. The second kappa shape index (κ2) is 6.64. The molecule has 110 valence electrons. The van der Waals surface area contributed by atoms with Gasteiger partial charge in [-0.15, -0.1) is 0 Å². The molecule has 0 radical (unpaired) electrons. The number of nitrogens with one attached hydrogen (secondary N) is 1. The maximum absolute atomic E-state index is 7.46. The van der Waals surface area contributed by atoms with Crippen molar-refractivity contribution in [2.45, 2.75) is 45.1 Å². The first-order valence-electron chi connectivity index (χ1n) is 7.33. The van der Waals surface area contributed by atoms with Crippen LogP contribution in [0, 0.1) is 11.3 Å². The molecule has 1 aliphatic carbocycles. The van der Waals surface area contributed by atoms with Gasteiger partial charge in [0.15, 0.2) is 11.5 Å². The largest absolute Gasteiger partial charge is 0.493 e. The molecule has 0 spiro atoms. The molecule has 1 aromatic carbocycles. The van der Waals surface area contributed by atoms with Crippen molar-refractivity contribution in [1.29, 1.82) is 5.41 Å². The van der Waals surface area contributed by atoms with Gasteiger partial charge in [0.25, 0.3) is 0 Å². The normalized spacial score (nSPS) is 22.3. The Morgan fingerprint density at radius 1 is 1.25 bits per heavy atom. The lowest BCUT2D eigenvalue weighted by Crippen LogP contribution is -2.24. The van der Waals surface area contributed by atoms with Gasteiger partial charge in [0, 0.05) is 5.56 Å². The molecule has 3 N–H and O–H groups in total. The summed E-state index contributed by atoms with van der Waals surface area (Å²) in [4.78, 5) is 0. The Morgan fingerprint density at radius 2 is 1.95 bits per heavy atom. The highest BCUT2D eigenvalue weighted by molar-refractivity contribution is 5.95. The third-order valence-electron chi connectivity index (χ3n) is 4.14. The van der Waals surface area contributed by atoms with E-state index in [4.69, 9.17) is 20.6 Å². The summed E-state index contributed by atoms with van der Waals surface area (Å²) in [5, 5.41) is 7.46. The van der Waals surface area contributed by atoms with E-state index in [1.807, 2.05) is 6.07 Å². The van der Waals surface area contributed by atoms with E-state index < -0.39 is 0 Å². The molecular weight excluding hydrogens is 252 g/mol. The van der Waals surface area contributed by atoms with Crippen LogP contribution in [0.5, 0.6) is 11.5 Å². The smallest absolute Gasteiger partial charge is 0.161 e. The molecule has 0 heterocycles. The number of nitrogen functional groups attached to an aromatic ring is 1. The van der Waals surface area contributed by atoms with E-state index >= 15 is 0 Å². The second-order valence-corrected chi connectivity index (χ2v) is 5.45. The number of methoxy groups -OCH3 is 1. The van der Waals surface area contributed by atoms with E-state index in [2.05, 4.69) is 6.92 Å². The van der Waals surface area contributed by atoms with E-state index in [0.717, 1.165) is 24.5 Å². The highest BCUT2D eigenvalue weighted by atomic mass is 16.5. The van der Waals surface area contributed by atoms with Crippen LogP contribution in [0.15, 0.2) is 18.2 Å². The van der Waals surface area contributed by atoms with Gasteiger partial charge in [-0.3, -0.25) is 5.41 Å². The van der Waals surface area contributed by atoms with Crippen LogP contribution in [0.2, 0.25) is 0 Å². The maximum atomic E-state index is 7.46. The molecule has 0 bridgehead atoms. The molecular formula is C16H24N2O2. The molecule has 0 aliphatic heterocycles. The van der Waals surface area contributed by atoms with Gasteiger partial charge in [0.1, 0.15) is 5.84 Å². The van der Waals surface area contributed by atoms with Gasteiger partial charge in [0.05, 0.1) is 13.2 Å². The van der Waals surface area contributed by atoms with Crippen molar-refractivity contribution in [1.82, 2.24) is 0 Å². The number of amidine groups is 1. The summed E-state index contributed by atoms with van der Waals surface area (Å²) in [5.41, 5.74) is 6.15. The minimum atomic E-state index is 0.0401. The predicted octanol–water partition coefficient (Wildman–Crippen LogP) is 3.33. The average Bonchev–Trinajstić information content (AvgIpc) is 2.48. The lowest BCUT2D eigenvalue weighted by Gasteiger charge is -2.28. The van der Waals surface area contributed by atoms with Crippen LogP contribution < -0.4 is 15.2 Å². The standard InChI is InChI=1S/C16H24N2O2/c1-3-11-4-7-13(8-5-11)20-14-9-6-12(16(17)18)10-15(14)19-2/h6,9-11,13H,3-5,7-8H2,1-2H3,(H3,17,18). The molecule has 0 saturated heterocycles. The average molecular weight is 276 g/mol. The number of hydrogen-bond donors (Lipinski definition) is 2. The lowest BCUT2D eigenvalue weighted by atomic mass is 9.86. The Bertz CT molecular complexity index is 466. The third kappa shape index (κ3) is 3.44. The van der Waals surface area contributed by atoms with Crippen molar-refractivity contribution in [2.24, 2.45) is 11.7 Å². The Hall–Kier alpha value is -1.71. The van der Waals surface area contributed by atoms with E-state index in [1.54, 1.807) is 19.2 Å². The van der Waals surface area contributed by atoms with Gasteiger partial charge in [0.2, 0.25) is 0 Å². The predicted molar refractivity (Wildman–Crippen MR) is 80.7 cm³/mol. The maximum Gasteiger partial charge on any atom is 0.161 e. The Labute approximate surface area is 120 Å². The second-order valence-electron chi connectivity index (χ2n) is 5.45. The number of ether oxygens (including phenoxy) is 2. The number of nitrogens with two attached hydrogens (primary N) is 1. The molecule has 4 heteroatoms. The van der Waals surface area contributed by atoms with E-state index in [9.17, 15) is 0 Å². The third-order valence-corrected chi connectivity index (χ3v) is 4.14. The molecule has 0 unspecified atom stereocenters. The summed E-state index contributed by atoms with van der Waals surface area (Å²) in [6.07, 6.45) is 6.24. The van der Waals surface area contributed by atoms with Gasteiger partial charge >= 0.3 is 0 Å². The van der Waals surface area contributed by atoms with E-state index in [1.165, 1.54) is 19.3 Å². The van der Waals surface area contributed by atoms with Crippen molar-refractivity contribution in [2.75, 3.05) is 7.11 Å². The fraction of sp³-hybridized carbons (Fsp3) is 0.562. The number of benzene rings is 1. The van der Waals surface area contributed by atoms with Crippen LogP contribution in [-0.4, -0.2) is 19.0 Å². The summed E-state index contributed by atoms with van der Waals surface area (Å²) in [6.45, 7) is 2.26. The van der Waals surface area contributed by atoms with E-state index in [0.29, 0.717) is 11.3 Å². The van der Waals surface area contributed by atoms with E-state index in [-0.39, 0.29) is 11.9 Å². The summed E-state index contributed by atoms with van der Waals surface area (Å²) in [6, 6.07) is 5.41. The molecule has 1 aromatic rings. The molecule has 0 amide bonds. The van der Waals surface area contributed by atoms with Crippen LogP contribution >= 0.6 is 0 Å². The molecule has 4 nitrogen and oxygen atoms in total. The fourth-order valence-corrected chi connectivity index (χ4v) is 2.77. The van der Waals surface area contributed by atoms with Crippen LogP contribution in [0.3, 0.4) is 0 Å². The van der Waals surface area contributed by atoms with Gasteiger partial charge < -0.3 is 15.2 Å². The van der Waals surface area contributed by atoms with Gasteiger partial charge in [-0.05, 0) is 49.8 Å².